The molecule has 0 atom stereocenters. The van der Waals surface area contributed by atoms with E-state index in [0.717, 1.165) is 16.0 Å². The number of nitrogens with two attached hydrogens (primary N) is 1. The average Bonchev–Trinajstić information content (AvgIpc) is 3.04. The van der Waals surface area contributed by atoms with Crippen LogP contribution in [0.1, 0.15) is 43.6 Å². The normalized spacial score (nSPS) is 10.4. The number of thiocarbonyl (C=S) groups is 1. The van der Waals surface area contributed by atoms with E-state index in [0.29, 0.717) is 34.9 Å². The highest BCUT2D eigenvalue weighted by molar-refractivity contribution is 7.80. The van der Waals surface area contributed by atoms with Gasteiger partial charge in [-0.25, -0.2) is 0 Å². The van der Waals surface area contributed by atoms with Gasteiger partial charge in [0.2, 0.25) is 0 Å². The third kappa shape index (κ3) is 5.68. The van der Waals surface area contributed by atoms with Crippen LogP contribution in [0.5, 0.6) is 5.75 Å². The number of thiophene rings is 1. The van der Waals surface area contributed by atoms with Crippen LogP contribution in [0.15, 0.2) is 54.6 Å². The highest BCUT2D eigenvalue weighted by Crippen LogP contribution is 2.34. The summed E-state index contributed by atoms with van der Waals surface area (Å²) in [7, 11) is 0. The topological polar surface area (TPSA) is 93.4 Å². The molecule has 0 unspecified atom stereocenters. The minimum atomic E-state index is -0.545. The minimum absolute atomic E-state index is 0.0916. The Morgan fingerprint density at radius 3 is 2.39 bits per heavy atom. The fraction of sp³-hybridized carbons (Fsp3) is 0.174. The van der Waals surface area contributed by atoms with Crippen molar-refractivity contribution >= 4 is 45.5 Å². The van der Waals surface area contributed by atoms with Gasteiger partial charge in [-0.05, 0) is 61.5 Å². The fourth-order valence-corrected chi connectivity index (χ4v) is 4.58. The standard InChI is InChI=1S/C23H23N3O3S2/c1-3-29-17-11-9-16(10-12-17)21(28)25-23(30)26-22-19(20(24)27)14(2)18(31-22)13-15-7-5-4-6-8-15/h4-12H,3,13H2,1-2H3,(H2,24,27)(H2,25,26,28,30). The van der Waals surface area contributed by atoms with Crippen LogP contribution in [0, 0.1) is 6.92 Å². The van der Waals surface area contributed by atoms with E-state index in [1.165, 1.54) is 11.3 Å². The molecule has 31 heavy (non-hydrogen) atoms. The van der Waals surface area contributed by atoms with Crippen molar-refractivity contribution < 1.29 is 14.3 Å². The second kappa shape index (κ2) is 10.2. The zero-order chi connectivity index (χ0) is 22.4. The summed E-state index contributed by atoms with van der Waals surface area (Å²) in [6.07, 6.45) is 0.671. The van der Waals surface area contributed by atoms with Gasteiger partial charge in [-0.2, -0.15) is 0 Å². The number of carbonyl (C=O) groups is 2. The maximum Gasteiger partial charge on any atom is 0.257 e. The SMILES string of the molecule is CCOc1ccc(C(=O)NC(=S)Nc2sc(Cc3ccccc3)c(C)c2C(N)=O)cc1. The predicted molar refractivity (Wildman–Crippen MR) is 128 cm³/mol. The summed E-state index contributed by atoms with van der Waals surface area (Å²) in [6, 6.07) is 16.7. The molecule has 1 heterocycles. The number of carbonyl (C=O) groups excluding carboxylic acids is 2. The Bertz CT molecular complexity index is 1090. The maximum atomic E-state index is 12.5. The molecule has 3 aromatic rings. The van der Waals surface area contributed by atoms with Crippen LogP contribution in [0.2, 0.25) is 0 Å². The lowest BCUT2D eigenvalue weighted by Gasteiger charge is -2.10. The molecule has 4 N–H and O–H groups in total. The summed E-state index contributed by atoms with van der Waals surface area (Å²) in [6.45, 7) is 4.30. The number of primary amides is 1. The highest BCUT2D eigenvalue weighted by atomic mass is 32.1. The number of anilines is 1. The molecule has 0 saturated heterocycles. The van der Waals surface area contributed by atoms with E-state index in [4.69, 9.17) is 22.7 Å². The van der Waals surface area contributed by atoms with Crippen molar-refractivity contribution in [3.63, 3.8) is 0 Å². The predicted octanol–water partition coefficient (Wildman–Crippen LogP) is 4.27. The lowest BCUT2D eigenvalue weighted by atomic mass is 10.1. The monoisotopic (exact) mass is 453 g/mol. The third-order valence-corrected chi connectivity index (χ3v) is 5.99. The first kappa shape index (κ1) is 22.5. The first-order valence-corrected chi connectivity index (χ1v) is 10.9. The lowest BCUT2D eigenvalue weighted by Crippen LogP contribution is -2.34. The van der Waals surface area contributed by atoms with Crippen molar-refractivity contribution in [1.82, 2.24) is 5.32 Å². The Morgan fingerprint density at radius 2 is 1.77 bits per heavy atom. The van der Waals surface area contributed by atoms with E-state index < -0.39 is 5.91 Å². The van der Waals surface area contributed by atoms with Crippen LogP contribution in [-0.4, -0.2) is 23.5 Å². The molecule has 2 aromatic carbocycles. The number of hydrogen-bond acceptors (Lipinski definition) is 5. The number of benzene rings is 2. The molecule has 0 saturated carbocycles. The molecule has 0 aliphatic carbocycles. The van der Waals surface area contributed by atoms with E-state index in [-0.39, 0.29) is 11.0 Å². The van der Waals surface area contributed by atoms with Gasteiger partial charge in [0.1, 0.15) is 10.8 Å². The van der Waals surface area contributed by atoms with E-state index in [9.17, 15) is 9.59 Å². The van der Waals surface area contributed by atoms with Gasteiger partial charge in [0.25, 0.3) is 11.8 Å². The van der Waals surface area contributed by atoms with Crippen LogP contribution in [0.25, 0.3) is 0 Å². The zero-order valence-corrected chi connectivity index (χ0v) is 18.9. The summed E-state index contributed by atoms with van der Waals surface area (Å²) < 4.78 is 5.38. The lowest BCUT2D eigenvalue weighted by molar-refractivity contribution is 0.0975. The second-order valence-electron chi connectivity index (χ2n) is 6.75. The summed E-state index contributed by atoms with van der Waals surface area (Å²) in [4.78, 5) is 25.5. The van der Waals surface area contributed by atoms with Gasteiger partial charge in [-0.15, -0.1) is 11.3 Å². The van der Waals surface area contributed by atoms with Gasteiger partial charge in [0, 0.05) is 16.9 Å². The van der Waals surface area contributed by atoms with Crippen LogP contribution < -0.4 is 21.1 Å². The number of amides is 2. The summed E-state index contributed by atoms with van der Waals surface area (Å²) in [5.74, 6) is -0.221. The average molecular weight is 454 g/mol. The van der Waals surface area contributed by atoms with E-state index in [1.807, 2.05) is 44.2 Å². The first-order chi connectivity index (χ1) is 14.9. The Hall–Kier alpha value is -3.23. The molecule has 0 fully saturated rings. The molecule has 0 aliphatic heterocycles. The Kier molecular flexibility index (Phi) is 7.38. The number of nitrogens with one attached hydrogen (secondary N) is 2. The molecular weight excluding hydrogens is 430 g/mol. The molecule has 6 nitrogen and oxygen atoms in total. The van der Waals surface area contributed by atoms with Crippen molar-refractivity contribution in [2.24, 2.45) is 5.73 Å². The summed E-state index contributed by atoms with van der Waals surface area (Å²) in [5.41, 5.74) is 8.37. The molecule has 160 valence electrons. The highest BCUT2D eigenvalue weighted by Gasteiger charge is 2.20. The van der Waals surface area contributed by atoms with Crippen LogP contribution in [-0.2, 0) is 6.42 Å². The van der Waals surface area contributed by atoms with E-state index in [1.54, 1.807) is 24.3 Å². The quantitative estimate of drug-likeness (QED) is 0.465. The van der Waals surface area contributed by atoms with Crippen LogP contribution in [0.3, 0.4) is 0 Å². The molecule has 3 rings (SSSR count). The third-order valence-electron chi connectivity index (χ3n) is 4.58. The molecule has 0 radical (unpaired) electrons. The zero-order valence-electron chi connectivity index (χ0n) is 17.2. The van der Waals surface area contributed by atoms with Crippen molar-refractivity contribution in [2.45, 2.75) is 20.3 Å². The molecule has 0 spiro atoms. The molecule has 2 amide bonds. The number of ether oxygens (including phenoxy) is 1. The summed E-state index contributed by atoms with van der Waals surface area (Å²) >= 11 is 6.70. The molecule has 0 bridgehead atoms. The van der Waals surface area contributed by atoms with Gasteiger partial charge < -0.3 is 15.8 Å². The Labute approximate surface area is 190 Å². The molecule has 1 aromatic heterocycles. The number of hydrogen-bond donors (Lipinski definition) is 3. The van der Waals surface area contributed by atoms with Crippen LogP contribution in [0.4, 0.5) is 5.00 Å². The smallest absolute Gasteiger partial charge is 0.257 e. The van der Waals surface area contributed by atoms with E-state index >= 15 is 0 Å². The van der Waals surface area contributed by atoms with Crippen molar-refractivity contribution in [1.29, 1.82) is 0 Å². The van der Waals surface area contributed by atoms with Gasteiger partial charge >= 0.3 is 0 Å². The van der Waals surface area contributed by atoms with Crippen LogP contribution >= 0.6 is 23.6 Å². The van der Waals surface area contributed by atoms with E-state index in [2.05, 4.69) is 10.6 Å². The Morgan fingerprint density at radius 1 is 1.10 bits per heavy atom. The molecule has 8 heteroatoms. The van der Waals surface area contributed by atoms with Gasteiger partial charge in [0.05, 0.1) is 12.2 Å². The second-order valence-corrected chi connectivity index (χ2v) is 8.26. The van der Waals surface area contributed by atoms with Crippen molar-refractivity contribution in [3.8, 4) is 5.75 Å². The fourth-order valence-electron chi connectivity index (χ4n) is 3.07. The van der Waals surface area contributed by atoms with Crippen molar-refractivity contribution in [3.05, 3.63) is 81.7 Å². The molecule has 0 aliphatic rings. The largest absolute Gasteiger partial charge is 0.494 e. The Balaban J connectivity index is 1.73. The van der Waals surface area contributed by atoms with Gasteiger partial charge in [0.15, 0.2) is 5.11 Å². The summed E-state index contributed by atoms with van der Waals surface area (Å²) in [5, 5.41) is 6.21. The number of rotatable bonds is 7. The first-order valence-electron chi connectivity index (χ1n) is 9.70. The van der Waals surface area contributed by atoms with Gasteiger partial charge in [-0.1, -0.05) is 30.3 Å². The maximum absolute atomic E-state index is 12.5. The van der Waals surface area contributed by atoms with Gasteiger partial charge in [-0.3, -0.25) is 14.9 Å². The molecular formula is C23H23N3O3S2. The van der Waals surface area contributed by atoms with Crippen molar-refractivity contribution in [2.75, 3.05) is 11.9 Å². The minimum Gasteiger partial charge on any atom is -0.494 e.